The summed E-state index contributed by atoms with van der Waals surface area (Å²) >= 11 is 0. The summed E-state index contributed by atoms with van der Waals surface area (Å²) in [5.74, 6) is 0. The zero-order valence-electron chi connectivity index (χ0n) is 11.2. The molecule has 0 spiro atoms. The highest BCUT2D eigenvalue weighted by Crippen LogP contribution is 2.19. The molecule has 5 nitrogen and oxygen atoms in total. The lowest BCUT2D eigenvalue weighted by atomic mass is 10.1. The fraction of sp³-hybridized carbons (Fsp3) is 0.500. The van der Waals surface area contributed by atoms with E-state index in [-0.39, 0.29) is 6.04 Å². The maximum absolute atomic E-state index is 9.10. The number of morpholine rings is 1. The highest BCUT2D eigenvalue weighted by molar-refractivity contribution is 5.63. The van der Waals surface area contributed by atoms with Crippen LogP contribution >= 0.6 is 0 Å². The standard InChI is InChI=1S/C14H20N4O/c1-11(10-18-4-6-19-7-5-18)17-14-3-2-13(16)8-12(14)9-15/h2-3,8,11,17H,4-7,10,16H2,1H3. The summed E-state index contributed by atoms with van der Waals surface area (Å²) in [6, 6.07) is 7.81. The van der Waals surface area contributed by atoms with E-state index >= 15 is 0 Å². The van der Waals surface area contributed by atoms with Gasteiger partial charge in [0.25, 0.3) is 0 Å². The molecule has 1 heterocycles. The molecule has 1 aliphatic heterocycles. The van der Waals surface area contributed by atoms with Crippen molar-refractivity contribution in [2.45, 2.75) is 13.0 Å². The molecule has 1 unspecified atom stereocenters. The summed E-state index contributed by atoms with van der Waals surface area (Å²) in [4.78, 5) is 2.37. The normalized spacial score (nSPS) is 17.7. The second-order valence-corrected chi connectivity index (χ2v) is 4.88. The fourth-order valence-electron chi connectivity index (χ4n) is 2.26. The third kappa shape index (κ3) is 3.85. The van der Waals surface area contributed by atoms with E-state index in [1.807, 2.05) is 12.1 Å². The quantitative estimate of drug-likeness (QED) is 0.798. The summed E-state index contributed by atoms with van der Waals surface area (Å²) < 4.78 is 5.33. The average molecular weight is 260 g/mol. The minimum atomic E-state index is 0.272. The average Bonchev–Trinajstić information content (AvgIpc) is 2.42. The largest absolute Gasteiger partial charge is 0.399 e. The van der Waals surface area contributed by atoms with Crippen LogP contribution in [0.1, 0.15) is 12.5 Å². The number of nitrogens with two attached hydrogens (primary N) is 1. The Bertz CT molecular complexity index is 463. The minimum absolute atomic E-state index is 0.272. The molecule has 1 saturated heterocycles. The zero-order valence-corrected chi connectivity index (χ0v) is 11.2. The highest BCUT2D eigenvalue weighted by Gasteiger charge is 2.14. The van der Waals surface area contributed by atoms with Gasteiger partial charge in [-0.3, -0.25) is 4.90 Å². The van der Waals surface area contributed by atoms with Crippen LogP contribution in [-0.4, -0.2) is 43.8 Å². The molecule has 1 fully saturated rings. The number of anilines is 2. The smallest absolute Gasteiger partial charge is 0.101 e. The molecule has 1 aromatic rings. The van der Waals surface area contributed by atoms with Crippen molar-refractivity contribution in [3.8, 4) is 6.07 Å². The maximum atomic E-state index is 9.10. The van der Waals surface area contributed by atoms with E-state index in [9.17, 15) is 0 Å². The van der Waals surface area contributed by atoms with Crippen molar-refractivity contribution in [1.29, 1.82) is 5.26 Å². The third-order valence-electron chi connectivity index (χ3n) is 3.20. The zero-order chi connectivity index (χ0) is 13.7. The summed E-state index contributed by atoms with van der Waals surface area (Å²) in [6.45, 7) is 6.61. The van der Waals surface area contributed by atoms with Gasteiger partial charge in [0.05, 0.1) is 24.5 Å². The molecule has 1 aromatic carbocycles. The molecule has 0 saturated carbocycles. The van der Waals surface area contributed by atoms with Crippen LogP contribution in [0.5, 0.6) is 0 Å². The summed E-state index contributed by atoms with van der Waals surface area (Å²) in [5.41, 5.74) is 7.73. The van der Waals surface area contributed by atoms with Crippen LogP contribution in [0.15, 0.2) is 18.2 Å². The van der Waals surface area contributed by atoms with Crippen molar-refractivity contribution in [2.24, 2.45) is 0 Å². The number of benzene rings is 1. The number of nitrogens with zero attached hydrogens (tertiary/aromatic N) is 2. The van der Waals surface area contributed by atoms with E-state index in [1.54, 1.807) is 6.07 Å². The SMILES string of the molecule is CC(CN1CCOCC1)Nc1ccc(N)cc1C#N. The Balaban J connectivity index is 1.94. The molecule has 3 N–H and O–H groups in total. The van der Waals surface area contributed by atoms with Crippen molar-refractivity contribution < 1.29 is 4.74 Å². The summed E-state index contributed by atoms with van der Waals surface area (Å²) in [6.07, 6.45) is 0. The van der Waals surface area contributed by atoms with Gasteiger partial charge in [-0.2, -0.15) is 5.26 Å². The van der Waals surface area contributed by atoms with Crippen molar-refractivity contribution in [2.75, 3.05) is 43.9 Å². The molecule has 102 valence electrons. The van der Waals surface area contributed by atoms with Crippen LogP contribution in [0.3, 0.4) is 0 Å². The van der Waals surface area contributed by atoms with Crippen LogP contribution in [0, 0.1) is 11.3 Å². The van der Waals surface area contributed by atoms with Gasteiger partial charge in [0, 0.05) is 31.4 Å². The first-order valence-corrected chi connectivity index (χ1v) is 6.55. The Kier molecular flexibility index (Phi) is 4.61. The van der Waals surface area contributed by atoms with Gasteiger partial charge in [-0.15, -0.1) is 0 Å². The van der Waals surface area contributed by atoms with Crippen LogP contribution in [0.2, 0.25) is 0 Å². The maximum Gasteiger partial charge on any atom is 0.101 e. The van der Waals surface area contributed by atoms with Crippen molar-refractivity contribution in [3.05, 3.63) is 23.8 Å². The molecule has 1 atom stereocenters. The van der Waals surface area contributed by atoms with E-state index in [0.717, 1.165) is 38.5 Å². The van der Waals surface area contributed by atoms with Gasteiger partial charge in [0.1, 0.15) is 6.07 Å². The molecule has 2 rings (SSSR count). The molecule has 1 aliphatic rings. The van der Waals surface area contributed by atoms with Crippen molar-refractivity contribution in [1.82, 2.24) is 4.90 Å². The molecule has 0 amide bonds. The molecule has 0 radical (unpaired) electrons. The fourth-order valence-corrected chi connectivity index (χ4v) is 2.26. The molecule has 0 aliphatic carbocycles. The van der Waals surface area contributed by atoms with Crippen LogP contribution in [0.25, 0.3) is 0 Å². The van der Waals surface area contributed by atoms with Crippen LogP contribution < -0.4 is 11.1 Å². The number of nitrogens with one attached hydrogen (secondary N) is 1. The Morgan fingerprint density at radius 2 is 2.21 bits per heavy atom. The summed E-state index contributed by atoms with van der Waals surface area (Å²) in [5, 5.41) is 12.5. The van der Waals surface area contributed by atoms with Gasteiger partial charge in [0.2, 0.25) is 0 Å². The number of rotatable bonds is 4. The van der Waals surface area contributed by atoms with Gasteiger partial charge < -0.3 is 15.8 Å². The highest BCUT2D eigenvalue weighted by atomic mass is 16.5. The lowest BCUT2D eigenvalue weighted by Gasteiger charge is -2.29. The minimum Gasteiger partial charge on any atom is -0.399 e. The number of ether oxygens (including phenoxy) is 1. The molecule has 0 bridgehead atoms. The van der Waals surface area contributed by atoms with E-state index in [2.05, 4.69) is 23.2 Å². The van der Waals surface area contributed by atoms with Gasteiger partial charge in [-0.25, -0.2) is 0 Å². The van der Waals surface area contributed by atoms with Crippen molar-refractivity contribution in [3.63, 3.8) is 0 Å². The van der Waals surface area contributed by atoms with Gasteiger partial charge in [0.15, 0.2) is 0 Å². The number of hydrogen-bond acceptors (Lipinski definition) is 5. The second kappa shape index (κ2) is 6.41. The monoisotopic (exact) mass is 260 g/mol. The Labute approximate surface area is 114 Å². The lowest BCUT2D eigenvalue weighted by molar-refractivity contribution is 0.0368. The molecule has 0 aromatic heterocycles. The molecular formula is C14H20N4O. The van der Waals surface area contributed by atoms with Gasteiger partial charge in [-0.05, 0) is 25.1 Å². The van der Waals surface area contributed by atoms with E-state index in [1.165, 1.54) is 0 Å². The molecule has 5 heteroatoms. The third-order valence-corrected chi connectivity index (χ3v) is 3.20. The van der Waals surface area contributed by atoms with Crippen LogP contribution in [-0.2, 0) is 4.74 Å². The predicted molar refractivity (Wildman–Crippen MR) is 75.9 cm³/mol. The summed E-state index contributed by atoms with van der Waals surface area (Å²) in [7, 11) is 0. The predicted octanol–water partition coefficient (Wildman–Crippen LogP) is 1.27. The Hall–Kier alpha value is -1.77. The first-order valence-electron chi connectivity index (χ1n) is 6.55. The second-order valence-electron chi connectivity index (χ2n) is 4.88. The number of hydrogen-bond donors (Lipinski definition) is 2. The van der Waals surface area contributed by atoms with Crippen LogP contribution in [0.4, 0.5) is 11.4 Å². The van der Waals surface area contributed by atoms with Gasteiger partial charge >= 0.3 is 0 Å². The Morgan fingerprint density at radius 3 is 2.89 bits per heavy atom. The number of nitriles is 1. The Morgan fingerprint density at radius 1 is 1.47 bits per heavy atom. The van der Waals surface area contributed by atoms with Crippen molar-refractivity contribution >= 4 is 11.4 Å². The van der Waals surface area contributed by atoms with Gasteiger partial charge in [-0.1, -0.05) is 0 Å². The topological polar surface area (TPSA) is 74.3 Å². The first kappa shape index (κ1) is 13.7. The number of nitrogen functional groups attached to an aromatic ring is 1. The molecular weight excluding hydrogens is 240 g/mol. The van der Waals surface area contributed by atoms with E-state index in [0.29, 0.717) is 11.3 Å². The van der Waals surface area contributed by atoms with E-state index < -0.39 is 0 Å². The first-order chi connectivity index (χ1) is 9.19. The lowest BCUT2D eigenvalue weighted by Crippen LogP contribution is -2.42. The molecule has 19 heavy (non-hydrogen) atoms. The van der Waals surface area contributed by atoms with E-state index in [4.69, 9.17) is 15.7 Å².